The fraction of sp³-hybridized carbons (Fsp3) is 0.455. The van der Waals surface area contributed by atoms with Crippen LogP contribution in [0, 0.1) is 0 Å². The zero-order chi connectivity index (χ0) is 19.5. The zero-order valence-corrected chi connectivity index (χ0v) is 16.4. The Morgan fingerprint density at radius 3 is 2.82 bits per heavy atom. The molecule has 1 fully saturated rings. The second-order valence-corrected chi connectivity index (χ2v) is 7.64. The number of nitrogen functional groups attached to an aromatic ring is 1. The molecule has 2 aliphatic rings. The molecule has 0 unspecified atom stereocenters. The van der Waals surface area contributed by atoms with E-state index in [-0.39, 0.29) is 18.7 Å². The highest BCUT2D eigenvalue weighted by Gasteiger charge is 2.36. The van der Waals surface area contributed by atoms with E-state index >= 15 is 0 Å². The van der Waals surface area contributed by atoms with Crippen LogP contribution >= 0.6 is 0 Å². The lowest BCUT2D eigenvalue weighted by molar-refractivity contribution is 0.0914. The third-order valence-corrected chi connectivity index (χ3v) is 5.74. The van der Waals surface area contributed by atoms with Crippen LogP contribution in [0.1, 0.15) is 61.4 Å². The number of nitrogens with zero attached hydrogens (tertiary/aromatic N) is 3. The number of rotatable bonds is 4. The molecule has 0 bridgehead atoms. The Kier molecular flexibility index (Phi) is 5.37. The maximum absolute atomic E-state index is 12.8. The Morgan fingerprint density at radius 2 is 2.07 bits per heavy atom. The number of aryl methyl sites for hydroxylation is 1. The van der Waals surface area contributed by atoms with Gasteiger partial charge in [-0.1, -0.05) is 36.4 Å². The van der Waals surface area contributed by atoms with E-state index in [1.807, 2.05) is 42.3 Å². The Bertz CT molecular complexity index is 872. The van der Waals surface area contributed by atoms with Gasteiger partial charge in [0.25, 0.3) is 0 Å². The van der Waals surface area contributed by atoms with Crippen LogP contribution in [0.3, 0.4) is 0 Å². The van der Waals surface area contributed by atoms with Crippen LogP contribution in [0.4, 0.5) is 10.6 Å². The van der Waals surface area contributed by atoms with E-state index in [1.165, 1.54) is 18.4 Å². The van der Waals surface area contributed by atoms with Gasteiger partial charge in [0.1, 0.15) is 12.4 Å². The van der Waals surface area contributed by atoms with Crippen LogP contribution in [0.2, 0.25) is 0 Å². The SMILES string of the molecule is Cn1nc([C@H]2CCCN2C(=O)OCc2ccccc2)c(C2=CCCCC2)c1N. The van der Waals surface area contributed by atoms with Gasteiger partial charge in [-0.2, -0.15) is 5.10 Å². The highest BCUT2D eigenvalue weighted by Crippen LogP contribution is 2.40. The summed E-state index contributed by atoms with van der Waals surface area (Å²) in [5, 5.41) is 4.72. The molecular formula is C22H28N4O2. The molecule has 0 radical (unpaired) electrons. The molecule has 6 heteroatoms. The lowest BCUT2D eigenvalue weighted by atomic mass is 9.91. The number of aromatic nitrogens is 2. The third-order valence-electron chi connectivity index (χ3n) is 5.74. The Morgan fingerprint density at radius 1 is 1.25 bits per heavy atom. The van der Waals surface area contributed by atoms with E-state index in [0.717, 1.165) is 42.5 Å². The summed E-state index contributed by atoms with van der Waals surface area (Å²) in [4.78, 5) is 14.6. The first kappa shape index (κ1) is 18.6. The number of anilines is 1. The van der Waals surface area contributed by atoms with Gasteiger partial charge in [0.15, 0.2) is 0 Å². The average Bonchev–Trinajstić information content (AvgIpc) is 3.33. The molecule has 1 amide bonds. The largest absolute Gasteiger partial charge is 0.445 e. The monoisotopic (exact) mass is 380 g/mol. The lowest BCUT2D eigenvalue weighted by Crippen LogP contribution is -2.31. The van der Waals surface area contributed by atoms with E-state index in [4.69, 9.17) is 15.6 Å². The maximum atomic E-state index is 12.8. The fourth-order valence-corrected chi connectivity index (χ4v) is 4.26. The smallest absolute Gasteiger partial charge is 0.410 e. The first-order valence-corrected chi connectivity index (χ1v) is 10.1. The molecule has 1 saturated heterocycles. The van der Waals surface area contributed by atoms with Crippen molar-refractivity contribution >= 4 is 17.5 Å². The van der Waals surface area contributed by atoms with E-state index < -0.39 is 0 Å². The number of carbonyl (C=O) groups excluding carboxylic acids is 1. The first-order valence-electron chi connectivity index (χ1n) is 10.1. The number of nitrogens with two attached hydrogens (primary N) is 1. The number of hydrogen-bond acceptors (Lipinski definition) is 4. The van der Waals surface area contributed by atoms with E-state index in [9.17, 15) is 4.79 Å². The number of likely N-dealkylation sites (tertiary alicyclic amines) is 1. The first-order chi connectivity index (χ1) is 13.6. The van der Waals surface area contributed by atoms with E-state index in [0.29, 0.717) is 12.4 Å². The van der Waals surface area contributed by atoms with Gasteiger partial charge in [-0.3, -0.25) is 9.58 Å². The average molecular weight is 380 g/mol. The fourth-order valence-electron chi connectivity index (χ4n) is 4.26. The van der Waals surface area contributed by atoms with Crippen LogP contribution in [-0.4, -0.2) is 27.3 Å². The minimum atomic E-state index is -0.279. The number of amides is 1. The van der Waals surface area contributed by atoms with E-state index in [2.05, 4.69) is 6.08 Å². The van der Waals surface area contributed by atoms with Crippen molar-refractivity contribution in [3.05, 3.63) is 53.2 Å². The van der Waals surface area contributed by atoms with Crippen molar-refractivity contribution in [2.75, 3.05) is 12.3 Å². The van der Waals surface area contributed by atoms with Crippen molar-refractivity contribution < 1.29 is 9.53 Å². The van der Waals surface area contributed by atoms with Gasteiger partial charge in [0, 0.05) is 19.2 Å². The highest BCUT2D eigenvalue weighted by molar-refractivity contribution is 5.77. The molecule has 1 atom stereocenters. The standard InChI is InChI=1S/C22H28N4O2/c1-25-21(23)19(17-11-6-3-7-12-17)20(24-25)18-13-8-14-26(18)22(27)28-15-16-9-4-2-5-10-16/h2,4-5,9-11,18H,3,6-8,12-15,23H2,1H3/t18-/m1/s1. The number of hydrogen-bond donors (Lipinski definition) is 1. The predicted octanol–water partition coefficient (Wildman–Crippen LogP) is 4.43. The molecule has 28 heavy (non-hydrogen) atoms. The summed E-state index contributed by atoms with van der Waals surface area (Å²) in [6.07, 6.45) is 8.34. The van der Waals surface area contributed by atoms with Crippen LogP contribution in [0.15, 0.2) is 36.4 Å². The second-order valence-electron chi connectivity index (χ2n) is 7.64. The van der Waals surface area contributed by atoms with Gasteiger partial charge in [-0.05, 0) is 49.7 Å². The van der Waals surface area contributed by atoms with Crippen molar-refractivity contribution in [3.63, 3.8) is 0 Å². The summed E-state index contributed by atoms with van der Waals surface area (Å²) in [7, 11) is 1.87. The molecule has 0 spiro atoms. The molecule has 1 aliphatic heterocycles. The summed E-state index contributed by atoms with van der Waals surface area (Å²) in [5.74, 6) is 0.688. The number of allylic oxidation sites excluding steroid dienone is 2. The van der Waals surface area contributed by atoms with E-state index in [1.54, 1.807) is 4.68 Å². The number of carbonyl (C=O) groups is 1. The molecule has 2 N–H and O–H groups in total. The normalized spacial score (nSPS) is 19.5. The minimum Gasteiger partial charge on any atom is -0.445 e. The Hall–Kier alpha value is -2.76. The topological polar surface area (TPSA) is 73.4 Å². The maximum Gasteiger partial charge on any atom is 0.410 e. The summed E-state index contributed by atoms with van der Waals surface area (Å²) < 4.78 is 7.33. The summed E-state index contributed by atoms with van der Waals surface area (Å²) in [6, 6.07) is 9.69. The Labute approximate surface area is 166 Å². The lowest BCUT2D eigenvalue weighted by Gasteiger charge is -2.24. The second kappa shape index (κ2) is 8.09. The van der Waals surface area contributed by atoms with Crippen molar-refractivity contribution in [3.8, 4) is 0 Å². The molecule has 1 aliphatic carbocycles. The molecule has 2 heterocycles. The van der Waals surface area contributed by atoms with Crippen molar-refractivity contribution in [2.45, 2.75) is 51.2 Å². The predicted molar refractivity (Wildman–Crippen MR) is 109 cm³/mol. The number of benzene rings is 1. The molecule has 6 nitrogen and oxygen atoms in total. The van der Waals surface area contributed by atoms with Crippen LogP contribution in [-0.2, 0) is 18.4 Å². The Balaban J connectivity index is 1.56. The molecule has 148 valence electrons. The van der Waals surface area contributed by atoms with Crippen molar-refractivity contribution in [1.29, 1.82) is 0 Å². The van der Waals surface area contributed by atoms with Gasteiger partial charge in [-0.15, -0.1) is 0 Å². The van der Waals surface area contributed by atoms with Crippen LogP contribution in [0.5, 0.6) is 0 Å². The molecule has 2 aromatic rings. The van der Waals surface area contributed by atoms with Gasteiger partial charge in [0.2, 0.25) is 0 Å². The minimum absolute atomic E-state index is 0.0791. The van der Waals surface area contributed by atoms with Gasteiger partial charge in [0.05, 0.1) is 11.7 Å². The van der Waals surface area contributed by atoms with Gasteiger partial charge >= 0.3 is 6.09 Å². The number of ether oxygens (including phenoxy) is 1. The van der Waals surface area contributed by atoms with Gasteiger partial charge in [-0.25, -0.2) is 4.79 Å². The highest BCUT2D eigenvalue weighted by atomic mass is 16.6. The summed E-state index contributed by atoms with van der Waals surface area (Å²) >= 11 is 0. The van der Waals surface area contributed by atoms with Crippen LogP contribution in [0.25, 0.3) is 5.57 Å². The molecule has 1 aromatic carbocycles. The van der Waals surface area contributed by atoms with Gasteiger partial charge < -0.3 is 10.5 Å². The zero-order valence-electron chi connectivity index (χ0n) is 16.4. The summed E-state index contributed by atoms with van der Waals surface area (Å²) in [5.41, 5.74) is 10.6. The molecule has 1 aromatic heterocycles. The molecular weight excluding hydrogens is 352 g/mol. The van der Waals surface area contributed by atoms with Crippen molar-refractivity contribution in [1.82, 2.24) is 14.7 Å². The quantitative estimate of drug-likeness (QED) is 0.851. The third kappa shape index (κ3) is 3.63. The van der Waals surface area contributed by atoms with Crippen LogP contribution < -0.4 is 5.73 Å². The molecule has 0 saturated carbocycles. The summed E-state index contributed by atoms with van der Waals surface area (Å²) in [6.45, 7) is 0.971. The molecule has 4 rings (SSSR count). The van der Waals surface area contributed by atoms with Crippen molar-refractivity contribution in [2.24, 2.45) is 7.05 Å².